The summed E-state index contributed by atoms with van der Waals surface area (Å²) in [6.07, 6.45) is 1.53. The van der Waals surface area contributed by atoms with E-state index in [1.54, 1.807) is 18.9 Å². The van der Waals surface area contributed by atoms with Crippen LogP contribution in [-0.2, 0) is 11.2 Å². The molecule has 0 unspecified atom stereocenters. The molecular formula is C16H24N2O3. The van der Waals surface area contributed by atoms with Gasteiger partial charge in [0, 0.05) is 13.1 Å². The monoisotopic (exact) mass is 292 g/mol. The highest BCUT2D eigenvalue weighted by molar-refractivity contribution is 5.81. The Kier molecular flexibility index (Phi) is 6.72. The van der Waals surface area contributed by atoms with E-state index in [4.69, 9.17) is 9.94 Å². The zero-order chi connectivity index (χ0) is 15.8. The van der Waals surface area contributed by atoms with Crippen LogP contribution in [-0.4, -0.2) is 41.4 Å². The first-order valence-electron chi connectivity index (χ1n) is 7.09. The fourth-order valence-corrected chi connectivity index (χ4v) is 1.66. The largest absolute Gasteiger partial charge is 0.484 e. The first kappa shape index (κ1) is 17.0. The fourth-order valence-electron chi connectivity index (χ4n) is 1.66. The summed E-state index contributed by atoms with van der Waals surface area (Å²) in [4.78, 5) is 13.5. The maximum absolute atomic E-state index is 11.8. The van der Waals surface area contributed by atoms with Gasteiger partial charge in [0.05, 0.1) is 5.71 Å². The van der Waals surface area contributed by atoms with E-state index in [0.717, 1.165) is 12.0 Å². The maximum atomic E-state index is 11.8. The molecule has 0 aliphatic rings. The molecule has 0 saturated carbocycles. The molecule has 1 N–H and O–H groups in total. The van der Waals surface area contributed by atoms with Gasteiger partial charge in [-0.25, -0.2) is 0 Å². The van der Waals surface area contributed by atoms with Gasteiger partial charge >= 0.3 is 0 Å². The molecule has 1 amide bonds. The van der Waals surface area contributed by atoms with Crippen LogP contribution in [0.4, 0.5) is 0 Å². The van der Waals surface area contributed by atoms with Crippen molar-refractivity contribution in [1.29, 1.82) is 0 Å². The standard InChI is InChI=1S/C16H24N2O3/c1-12(2)18(4)16(19)11-21-15-9-7-14(8-10-15)6-5-13(3)17-20/h7-10,12,20H,5-6,11H2,1-4H3/b17-13+. The first-order valence-corrected chi connectivity index (χ1v) is 7.09. The minimum Gasteiger partial charge on any atom is -0.484 e. The predicted octanol–water partition coefficient (Wildman–Crippen LogP) is 2.71. The topological polar surface area (TPSA) is 62.1 Å². The molecule has 0 fully saturated rings. The highest BCUT2D eigenvalue weighted by Crippen LogP contribution is 2.14. The molecule has 5 heteroatoms. The first-order chi connectivity index (χ1) is 9.93. The maximum Gasteiger partial charge on any atom is 0.260 e. The summed E-state index contributed by atoms with van der Waals surface area (Å²) in [5, 5.41) is 11.7. The van der Waals surface area contributed by atoms with E-state index in [1.807, 2.05) is 38.1 Å². The lowest BCUT2D eigenvalue weighted by molar-refractivity contribution is -0.133. The van der Waals surface area contributed by atoms with Crippen LogP contribution in [0, 0.1) is 0 Å². The molecule has 0 aliphatic carbocycles. The summed E-state index contributed by atoms with van der Waals surface area (Å²) in [6.45, 7) is 5.76. The van der Waals surface area contributed by atoms with Crippen molar-refractivity contribution in [3.8, 4) is 5.75 Å². The normalized spacial score (nSPS) is 11.6. The molecule has 0 aliphatic heterocycles. The third kappa shape index (κ3) is 5.85. The second-order valence-corrected chi connectivity index (χ2v) is 5.37. The number of likely N-dealkylation sites (N-methyl/N-ethyl adjacent to an activating group) is 1. The predicted molar refractivity (Wildman–Crippen MR) is 83.1 cm³/mol. The van der Waals surface area contributed by atoms with Crippen LogP contribution < -0.4 is 4.74 Å². The molecule has 1 aromatic rings. The van der Waals surface area contributed by atoms with Gasteiger partial charge in [-0.05, 0) is 51.3 Å². The Morgan fingerprint density at radius 3 is 2.48 bits per heavy atom. The molecule has 0 radical (unpaired) electrons. The van der Waals surface area contributed by atoms with Crippen LogP contribution >= 0.6 is 0 Å². The van der Waals surface area contributed by atoms with Crippen molar-refractivity contribution < 1.29 is 14.7 Å². The lowest BCUT2D eigenvalue weighted by Gasteiger charge is -2.21. The number of hydrogen-bond acceptors (Lipinski definition) is 4. The molecule has 0 spiro atoms. The van der Waals surface area contributed by atoms with E-state index in [9.17, 15) is 4.79 Å². The lowest BCUT2D eigenvalue weighted by Crippen LogP contribution is -2.36. The molecule has 0 bridgehead atoms. The van der Waals surface area contributed by atoms with E-state index in [0.29, 0.717) is 17.9 Å². The van der Waals surface area contributed by atoms with Crippen LogP contribution in [0.5, 0.6) is 5.75 Å². The summed E-state index contributed by atoms with van der Waals surface area (Å²) < 4.78 is 5.49. The van der Waals surface area contributed by atoms with E-state index in [-0.39, 0.29) is 18.6 Å². The van der Waals surface area contributed by atoms with Gasteiger partial charge in [0.15, 0.2) is 6.61 Å². The Labute approximate surface area is 126 Å². The number of amides is 1. The van der Waals surface area contributed by atoms with Gasteiger partial charge in [-0.15, -0.1) is 0 Å². The molecule has 116 valence electrons. The Morgan fingerprint density at radius 2 is 1.95 bits per heavy atom. The van der Waals surface area contributed by atoms with Crippen molar-refractivity contribution in [2.75, 3.05) is 13.7 Å². The van der Waals surface area contributed by atoms with Crippen molar-refractivity contribution in [2.24, 2.45) is 5.16 Å². The van der Waals surface area contributed by atoms with Crippen LogP contribution in [0.15, 0.2) is 29.4 Å². The summed E-state index contributed by atoms with van der Waals surface area (Å²) in [5.74, 6) is 0.640. The Morgan fingerprint density at radius 1 is 1.33 bits per heavy atom. The SMILES string of the molecule is C/C(CCc1ccc(OCC(=O)N(C)C(C)C)cc1)=N\O. The number of aryl methyl sites for hydroxylation is 1. The quantitative estimate of drug-likeness (QED) is 0.477. The van der Waals surface area contributed by atoms with E-state index in [1.165, 1.54) is 0 Å². The minimum absolute atomic E-state index is 0.0381. The Hall–Kier alpha value is -2.04. The van der Waals surface area contributed by atoms with Gasteiger partial charge in [-0.1, -0.05) is 17.3 Å². The summed E-state index contributed by atoms with van der Waals surface area (Å²) >= 11 is 0. The molecule has 1 rings (SSSR count). The van der Waals surface area contributed by atoms with Crippen molar-refractivity contribution in [2.45, 2.75) is 39.7 Å². The third-order valence-corrected chi connectivity index (χ3v) is 3.40. The highest BCUT2D eigenvalue weighted by atomic mass is 16.5. The van der Waals surface area contributed by atoms with Crippen molar-refractivity contribution in [3.05, 3.63) is 29.8 Å². The molecule has 5 nitrogen and oxygen atoms in total. The van der Waals surface area contributed by atoms with Crippen molar-refractivity contribution in [3.63, 3.8) is 0 Å². The molecule has 0 atom stereocenters. The number of nitrogens with zero attached hydrogens (tertiary/aromatic N) is 2. The minimum atomic E-state index is -0.0381. The molecular weight excluding hydrogens is 268 g/mol. The second kappa shape index (κ2) is 8.29. The number of carbonyl (C=O) groups excluding carboxylic acids is 1. The number of oxime groups is 1. The number of rotatable bonds is 7. The van der Waals surface area contributed by atoms with Crippen molar-refractivity contribution in [1.82, 2.24) is 4.90 Å². The number of benzene rings is 1. The van der Waals surface area contributed by atoms with Gasteiger partial charge in [0.1, 0.15) is 5.75 Å². The summed E-state index contributed by atoms with van der Waals surface area (Å²) in [5.41, 5.74) is 1.84. The van der Waals surface area contributed by atoms with Gasteiger partial charge < -0.3 is 14.8 Å². The van der Waals surface area contributed by atoms with Crippen LogP contribution in [0.3, 0.4) is 0 Å². The van der Waals surface area contributed by atoms with Gasteiger partial charge in [-0.2, -0.15) is 0 Å². The van der Waals surface area contributed by atoms with Crippen LogP contribution in [0.1, 0.15) is 32.8 Å². The molecule has 0 heterocycles. The van der Waals surface area contributed by atoms with Gasteiger partial charge in [0.2, 0.25) is 0 Å². The van der Waals surface area contributed by atoms with E-state index < -0.39 is 0 Å². The molecule has 1 aromatic carbocycles. The second-order valence-electron chi connectivity index (χ2n) is 5.37. The van der Waals surface area contributed by atoms with Crippen molar-refractivity contribution >= 4 is 11.6 Å². The van der Waals surface area contributed by atoms with E-state index >= 15 is 0 Å². The van der Waals surface area contributed by atoms with E-state index in [2.05, 4.69) is 5.16 Å². The average Bonchev–Trinajstić information content (AvgIpc) is 2.50. The summed E-state index contributed by atoms with van der Waals surface area (Å²) in [6, 6.07) is 7.78. The molecule has 0 aromatic heterocycles. The number of carbonyl (C=O) groups is 1. The average molecular weight is 292 g/mol. The third-order valence-electron chi connectivity index (χ3n) is 3.40. The zero-order valence-electron chi connectivity index (χ0n) is 13.2. The molecule has 21 heavy (non-hydrogen) atoms. The fraction of sp³-hybridized carbons (Fsp3) is 0.500. The van der Waals surface area contributed by atoms with Gasteiger partial charge in [0.25, 0.3) is 5.91 Å². The molecule has 0 saturated heterocycles. The number of ether oxygens (including phenoxy) is 1. The van der Waals surface area contributed by atoms with Gasteiger partial charge in [-0.3, -0.25) is 4.79 Å². The zero-order valence-corrected chi connectivity index (χ0v) is 13.2. The van der Waals surface area contributed by atoms with Crippen LogP contribution in [0.2, 0.25) is 0 Å². The van der Waals surface area contributed by atoms with Crippen LogP contribution in [0.25, 0.3) is 0 Å². The lowest BCUT2D eigenvalue weighted by atomic mass is 10.1. The Bertz CT molecular complexity index is 481. The Balaban J connectivity index is 2.46. The number of hydrogen-bond donors (Lipinski definition) is 1. The summed E-state index contributed by atoms with van der Waals surface area (Å²) in [7, 11) is 1.77. The highest BCUT2D eigenvalue weighted by Gasteiger charge is 2.12. The smallest absolute Gasteiger partial charge is 0.260 e.